The fourth-order valence-corrected chi connectivity index (χ4v) is 0.378. The molecule has 0 saturated carbocycles. The number of aromatic hydroxyl groups is 1. The molecule has 1 radical (unpaired) electrons. The van der Waals surface area contributed by atoms with Crippen molar-refractivity contribution >= 4 is 6.47 Å². The van der Waals surface area contributed by atoms with E-state index >= 15 is 0 Å². The molecule has 12 heavy (non-hydrogen) atoms. The first-order valence-electron chi connectivity index (χ1n) is 2.86. The van der Waals surface area contributed by atoms with Gasteiger partial charge in [-0.25, -0.2) is 0 Å². The first-order valence-corrected chi connectivity index (χ1v) is 2.86. The molecule has 0 fully saturated rings. The van der Waals surface area contributed by atoms with E-state index in [2.05, 4.69) is 10.8 Å². The van der Waals surface area contributed by atoms with Crippen LogP contribution in [0.5, 0.6) is 5.75 Å². The zero-order chi connectivity index (χ0) is 8.53. The topological polar surface area (TPSA) is 46.5 Å². The van der Waals surface area contributed by atoms with Gasteiger partial charge in [0.05, 0.1) is 0 Å². The number of methoxy groups -OCH3 is 1. The van der Waals surface area contributed by atoms with Crippen molar-refractivity contribution in [3.05, 3.63) is 30.3 Å². The molecule has 1 aromatic rings. The molecule has 0 aliphatic rings. The molecule has 1 aromatic carbocycles. The molecule has 1 rings (SSSR count). The summed E-state index contributed by atoms with van der Waals surface area (Å²) < 4.78 is 3.74. The summed E-state index contributed by atoms with van der Waals surface area (Å²) in [6.45, 7) is 1.18. The van der Waals surface area contributed by atoms with E-state index in [9.17, 15) is 0 Å². The molecule has 0 amide bonds. The maximum absolute atomic E-state index is 8.83. The Morgan fingerprint density at radius 2 is 1.92 bits per heavy atom. The van der Waals surface area contributed by atoms with Gasteiger partial charge in [0.1, 0.15) is 0 Å². The Labute approximate surface area is 96.6 Å². The second kappa shape index (κ2) is 10.6. The van der Waals surface area contributed by atoms with E-state index in [4.69, 9.17) is 9.90 Å². The number of ether oxygens (including phenoxy) is 1. The van der Waals surface area contributed by atoms with E-state index in [0.717, 1.165) is 0 Å². The normalized spacial score (nSPS) is 6.75. The van der Waals surface area contributed by atoms with E-state index in [1.165, 1.54) is 13.6 Å². The average molecular weight is 241 g/mol. The molecule has 0 aromatic heterocycles. The maximum atomic E-state index is 8.83. The van der Waals surface area contributed by atoms with Crippen LogP contribution in [-0.4, -0.2) is 18.7 Å². The van der Waals surface area contributed by atoms with E-state index in [1.54, 1.807) is 24.3 Å². The second-order valence-corrected chi connectivity index (χ2v) is 1.55. The number of hydrogen-bond acceptors (Lipinski definition) is 3. The Hall–Kier alpha value is -0.406. The molecule has 0 spiro atoms. The van der Waals surface area contributed by atoms with Crippen molar-refractivity contribution in [2.75, 3.05) is 7.11 Å². The number of rotatable bonds is 1. The van der Waals surface area contributed by atoms with Gasteiger partial charge in [-0.15, -0.1) is 12.1 Å². The summed E-state index contributed by atoms with van der Waals surface area (Å²) in [5.41, 5.74) is 0. The molecule has 1 N–H and O–H groups in total. The van der Waals surface area contributed by atoms with Gasteiger partial charge in [0.25, 0.3) is 0 Å². The summed E-state index contributed by atoms with van der Waals surface area (Å²) in [7, 11) is 1.26. The summed E-state index contributed by atoms with van der Waals surface area (Å²) in [5.74, 6) is 0.291. The van der Waals surface area contributed by atoms with Crippen LogP contribution < -0.4 is 0 Å². The minimum absolute atomic E-state index is 0. The average Bonchev–Trinajstić information content (AvgIpc) is 2.07. The van der Waals surface area contributed by atoms with E-state index < -0.39 is 0 Å². The third-order valence-corrected chi connectivity index (χ3v) is 0.784. The van der Waals surface area contributed by atoms with Crippen molar-refractivity contribution in [2.45, 2.75) is 0 Å². The van der Waals surface area contributed by atoms with Crippen molar-refractivity contribution in [2.24, 2.45) is 0 Å². The molecular formula is C8H8O3Y-2. The van der Waals surface area contributed by atoms with Gasteiger partial charge in [-0.05, 0) is 0 Å². The smallest absolute Gasteiger partial charge is 0.0362 e. The summed E-state index contributed by atoms with van der Waals surface area (Å²) in [4.78, 5) is 8.83. The molecular weight excluding hydrogens is 233 g/mol. The minimum atomic E-state index is 0. The molecule has 0 aliphatic carbocycles. The predicted molar refractivity (Wildman–Crippen MR) is 39.6 cm³/mol. The van der Waals surface area contributed by atoms with Crippen molar-refractivity contribution in [3.8, 4) is 5.75 Å². The summed E-state index contributed by atoms with van der Waals surface area (Å²) in [6, 6.07) is 9.26. The maximum Gasteiger partial charge on any atom is 0.0362 e. The van der Waals surface area contributed by atoms with Crippen LogP contribution >= 0.6 is 0 Å². The first kappa shape index (κ1) is 14.1. The number of hydrogen-bond donors (Lipinski definition) is 1. The third kappa shape index (κ3) is 9.59. The van der Waals surface area contributed by atoms with Crippen LogP contribution in [-0.2, 0) is 42.2 Å². The Bertz CT molecular complexity index is 189. The van der Waals surface area contributed by atoms with Gasteiger partial charge in [0, 0.05) is 45.6 Å². The van der Waals surface area contributed by atoms with Crippen LogP contribution in [0.4, 0.5) is 0 Å². The quantitative estimate of drug-likeness (QED) is 0.742. The summed E-state index contributed by atoms with van der Waals surface area (Å²) in [5, 5.41) is 8.61. The third-order valence-electron chi connectivity index (χ3n) is 0.784. The number of benzene rings is 1. The van der Waals surface area contributed by atoms with Crippen molar-refractivity contribution in [3.63, 3.8) is 0 Å². The Morgan fingerprint density at radius 1 is 1.50 bits per heavy atom. The van der Waals surface area contributed by atoms with Crippen LogP contribution in [0.25, 0.3) is 0 Å². The van der Waals surface area contributed by atoms with Gasteiger partial charge in [0.15, 0.2) is 0 Å². The molecule has 0 saturated heterocycles. The van der Waals surface area contributed by atoms with Crippen molar-refractivity contribution < 1.29 is 47.3 Å². The zero-order valence-corrected chi connectivity index (χ0v) is 9.49. The molecule has 4 heteroatoms. The summed E-state index contributed by atoms with van der Waals surface area (Å²) in [6.07, 6.45) is 0. The van der Waals surface area contributed by atoms with Crippen LogP contribution in [0.2, 0.25) is 0 Å². The van der Waals surface area contributed by atoms with Gasteiger partial charge < -0.3 is 14.6 Å². The Kier molecular flexibility index (Phi) is 12.5. The number of phenols is 1. The SMILES string of the molecule is CO[C-]=O.Oc1cc[c-]cc1.[Y]. The van der Waals surface area contributed by atoms with Crippen LogP contribution in [0.1, 0.15) is 0 Å². The van der Waals surface area contributed by atoms with Gasteiger partial charge in [0.2, 0.25) is 0 Å². The van der Waals surface area contributed by atoms with Crippen LogP contribution in [0.15, 0.2) is 24.3 Å². The van der Waals surface area contributed by atoms with Gasteiger partial charge >= 0.3 is 0 Å². The van der Waals surface area contributed by atoms with Crippen LogP contribution in [0.3, 0.4) is 0 Å². The Balaban J connectivity index is 0. The first-order chi connectivity index (χ1) is 5.31. The standard InChI is InChI=1S/C6H5O.C2H3O2.Y/c7-6-4-2-1-3-5-6;1-4-2-3;/h2-5,7H;1H3;/q2*-1;. The van der Waals surface area contributed by atoms with Gasteiger partial charge in [-0.1, -0.05) is 6.47 Å². The fourth-order valence-electron chi connectivity index (χ4n) is 0.378. The molecule has 0 unspecified atom stereocenters. The second-order valence-electron chi connectivity index (χ2n) is 1.55. The van der Waals surface area contributed by atoms with E-state index in [-0.39, 0.29) is 32.7 Å². The molecule has 3 nitrogen and oxygen atoms in total. The molecule has 0 bridgehead atoms. The Morgan fingerprint density at radius 3 is 2.08 bits per heavy atom. The van der Waals surface area contributed by atoms with E-state index in [0.29, 0.717) is 5.75 Å². The van der Waals surface area contributed by atoms with Crippen molar-refractivity contribution in [1.29, 1.82) is 0 Å². The summed E-state index contributed by atoms with van der Waals surface area (Å²) >= 11 is 0. The fraction of sp³-hybridized carbons (Fsp3) is 0.125. The largest absolute Gasteiger partial charge is 0.655 e. The van der Waals surface area contributed by atoms with Crippen LogP contribution in [0, 0.1) is 6.07 Å². The molecule has 0 heterocycles. The number of phenolic OH excluding ortho intramolecular Hbond substituents is 1. The van der Waals surface area contributed by atoms with Crippen molar-refractivity contribution in [1.82, 2.24) is 0 Å². The molecule has 0 atom stereocenters. The molecule has 63 valence electrons. The van der Waals surface area contributed by atoms with Gasteiger partial charge in [-0.3, -0.25) is 0 Å². The monoisotopic (exact) mass is 241 g/mol. The predicted octanol–water partition coefficient (Wildman–Crippen LogP) is 0.890. The van der Waals surface area contributed by atoms with Gasteiger partial charge in [-0.2, -0.15) is 18.2 Å². The molecule has 0 aliphatic heterocycles. The van der Waals surface area contributed by atoms with E-state index in [1.807, 2.05) is 0 Å². The zero-order valence-electron chi connectivity index (χ0n) is 6.65. The number of carbonyl (C=O) groups excluding carboxylic acids is 1. The minimum Gasteiger partial charge on any atom is -0.655 e.